The van der Waals surface area contributed by atoms with Gasteiger partial charge in [-0.15, -0.1) is 0 Å². The maximum Gasteiger partial charge on any atom is 0.266 e. The minimum atomic E-state index is -3.82. The number of hydrogen-bond acceptors (Lipinski definition) is 5. The zero-order valence-corrected chi connectivity index (χ0v) is 12.8. The fourth-order valence-electron chi connectivity index (χ4n) is 1.78. The number of aryl methyl sites for hydroxylation is 1. The first kappa shape index (κ1) is 15.1. The third-order valence-electron chi connectivity index (χ3n) is 2.81. The Morgan fingerprint density at radius 2 is 1.86 bits per heavy atom. The average molecular weight is 308 g/mol. The van der Waals surface area contributed by atoms with Gasteiger partial charge in [0.2, 0.25) is 0 Å². The molecule has 0 aliphatic rings. The van der Waals surface area contributed by atoms with Crippen LogP contribution in [0.5, 0.6) is 11.5 Å². The quantitative estimate of drug-likeness (QED) is 0.916. The molecule has 0 amide bonds. The molecule has 7 heteroatoms. The van der Waals surface area contributed by atoms with E-state index in [0.717, 1.165) is 5.56 Å². The molecule has 21 heavy (non-hydrogen) atoms. The summed E-state index contributed by atoms with van der Waals surface area (Å²) >= 11 is 0. The van der Waals surface area contributed by atoms with Crippen LogP contribution in [-0.2, 0) is 10.0 Å². The molecule has 0 radical (unpaired) electrons. The SMILES string of the molecule is COc1ccc(OC)c(S(=O)(=O)Nc2cc(C)ccn2)c1. The summed E-state index contributed by atoms with van der Waals surface area (Å²) in [5.74, 6) is 0.907. The minimum absolute atomic E-state index is 0.00680. The van der Waals surface area contributed by atoms with Crippen molar-refractivity contribution < 1.29 is 17.9 Å². The zero-order valence-electron chi connectivity index (χ0n) is 12.0. The van der Waals surface area contributed by atoms with E-state index in [0.29, 0.717) is 5.75 Å². The van der Waals surface area contributed by atoms with Crippen LogP contribution in [0.15, 0.2) is 41.4 Å². The first-order valence-corrected chi connectivity index (χ1v) is 7.62. The predicted octanol–water partition coefficient (Wildman–Crippen LogP) is 2.21. The van der Waals surface area contributed by atoms with Crippen molar-refractivity contribution in [2.24, 2.45) is 0 Å². The average Bonchev–Trinajstić information content (AvgIpc) is 2.46. The summed E-state index contributed by atoms with van der Waals surface area (Å²) in [7, 11) is -0.948. The Bertz CT molecular complexity index is 744. The molecule has 0 spiro atoms. The maximum absolute atomic E-state index is 12.5. The Labute approximate surface area is 123 Å². The lowest BCUT2D eigenvalue weighted by Crippen LogP contribution is -2.15. The van der Waals surface area contributed by atoms with Crippen molar-refractivity contribution in [2.45, 2.75) is 11.8 Å². The predicted molar refractivity (Wildman–Crippen MR) is 79.3 cm³/mol. The molecule has 2 rings (SSSR count). The summed E-state index contributed by atoms with van der Waals surface area (Å²) in [6.07, 6.45) is 1.54. The summed E-state index contributed by atoms with van der Waals surface area (Å²) < 4.78 is 37.5. The van der Waals surface area contributed by atoms with Crippen LogP contribution in [-0.4, -0.2) is 27.6 Å². The van der Waals surface area contributed by atoms with E-state index in [1.165, 1.54) is 32.5 Å². The summed E-state index contributed by atoms with van der Waals surface area (Å²) in [5.41, 5.74) is 0.903. The zero-order chi connectivity index (χ0) is 15.5. The number of nitrogens with zero attached hydrogens (tertiary/aromatic N) is 1. The van der Waals surface area contributed by atoms with E-state index < -0.39 is 10.0 Å². The summed E-state index contributed by atoms with van der Waals surface area (Å²) in [6, 6.07) is 7.99. The molecule has 0 atom stereocenters. The Morgan fingerprint density at radius 3 is 2.48 bits per heavy atom. The Balaban J connectivity index is 2.43. The fraction of sp³-hybridized carbons (Fsp3) is 0.214. The summed E-state index contributed by atoms with van der Waals surface area (Å²) in [6.45, 7) is 1.85. The van der Waals surface area contributed by atoms with Crippen LogP contribution >= 0.6 is 0 Å². The highest BCUT2D eigenvalue weighted by Gasteiger charge is 2.21. The molecule has 112 valence electrons. The van der Waals surface area contributed by atoms with Gasteiger partial charge in [-0.25, -0.2) is 13.4 Å². The van der Waals surface area contributed by atoms with Crippen molar-refractivity contribution in [2.75, 3.05) is 18.9 Å². The second-order valence-corrected chi connectivity index (χ2v) is 5.99. The lowest BCUT2D eigenvalue weighted by atomic mass is 10.3. The van der Waals surface area contributed by atoms with E-state index in [1.807, 2.05) is 6.92 Å². The first-order chi connectivity index (χ1) is 9.96. The lowest BCUT2D eigenvalue weighted by Gasteiger charge is -2.12. The standard InChI is InChI=1S/C14H16N2O4S/c1-10-6-7-15-14(8-10)16-21(17,18)13-9-11(19-2)4-5-12(13)20-3/h4-9H,1-3H3,(H,15,16). The highest BCUT2D eigenvalue weighted by atomic mass is 32.2. The van der Waals surface area contributed by atoms with Crippen LogP contribution in [0.4, 0.5) is 5.82 Å². The van der Waals surface area contributed by atoms with Crippen molar-refractivity contribution in [3.63, 3.8) is 0 Å². The van der Waals surface area contributed by atoms with Crippen molar-refractivity contribution in [3.8, 4) is 11.5 Å². The lowest BCUT2D eigenvalue weighted by molar-refractivity contribution is 0.392. The molecule has 0 aliphatic carbocycles. The molecule has 0 unspecified atom stereocenters. The molecule has 2 aromatic rings. The van der Waals surface area contributed by atoms with Gasteiger partial charge in [0.15, 0.2) is 0 Å². The number of hydrogen-bond donors (Lipinski definition) is 1. The number of aromatic nitrogens is 1. The van der Waals surface area contributed by atoms with Crippen molar-refractivity contribution in [3.05, 3.63) is 42.1 Å². The number of rotatable bonds is 5. The van der Waals surface area contributed by atoms with Gasteiger partial charge in [0, 0.05) is 12.3 Å². The van der Waals surface area contributed by atoms with Gasteiger partial charge in [0.05, 0.1) is 14.2 Å². The van der Waals surface area contributed by atoms with Gasteiger partial charge in [0.1, 0.15) is 22.2 Å². The molecule has 1 N–H and O–H groups in total. The summed E-state index contributed by atoms with van der Waals surface area (Å²) in [5, 5.41) is 0. The van der Waals surface area contributed by atoms with Gasteiger partial charge >= 0.3 is 0 Å². The Kier molecular flexibility index (Phi) is 4.32. The highest BCUT2D eigenvalue weighted by Crippen LogP contribution is 2.29. The van der Waals surface area contributed by atoms with Crippen LogP contribution in [0.2, 0.25) is 0 Å². The van der Waals surface area contributed by atoms with E-state index in [2.05, 4.69) is 9.71 Å². The number of pyridine rings is 1. The fourth-order valence-corrected chi connectivity index (χ4v) is 2.96. The molecule has 0 bridgehead atoms. The van der Waals surface area contributed by atoms with Gasteiger partial charge in [-0.2, -0.15) is 0 Å². The molecule has 1 heterocycles. The second-order valence-electron chi connectivity index (χ2n) is 4.34. The van der Waals surface area contributed by atoms with Crippen LogP contribution < -0.4 is 14.2 Å². The number of nitrogens with one attached hydrogen (secondary N) is 1. The van der Waals surface area contributed by atoms with E-state index >= 15 is 0 Å². The number of methoxy groups -OCH3 is 2. The van der Waals surface area contributed by atoms with Gasteiger partial charge in [-0.1, -0.05) is 0 Å². The molecule has 1 aromatic carbocycles. The van der Waals surface area contributed by atoms with Crippen molar-refractivity contribution in [1.82, 2.24) is 4.98 Å². The monoisotopic (exact) mass is 308 g/mol. The van der Waals surface area contributed by atoms with Crippen LogP contribution in [0.3, 0.4) is 0 Å². The van der Waals surface area contributed by atoms with Crippen molar-refractivity contribution in [1.29, 1.82) is 0 Å². The maximum atomic E-state index is 12.5. The van der Waals surface area contributed by atoms with Crippen LogP contribution in [0.1, 0.15) is 5.56 Å². The van der Waals surface area contributed by atoms with E-state index in [4.69, 9.17) is 9.47 Å². The normalized spacial score (nSPS) is 11.0. The Morgan fingerprint density at radius 1 is 1.10 bits per heavy atom. The molecule has 0 fully saturated rings. The molecule has 1 aromatic heterocycles. The molecule has 0 aliphatic heterocycles. The molecule has 0 saturated heterocycles. The summed E-state index contributed by atoms with van der Waals surface area (Å²) in [4.78, 5) is 3.98. The van der Waals surface area contributed by atoms with Gasteiger partial charge < -0.3 is 9.47 Å². The molecule has 6 nitrogen and oxygen atoms in total. The van der Waals surface area contributed by atoms with E-state index in [-0.39, 0.29) is 16.5 Å². The Hall–Kier alpha value is -2.28. The second kappa shape index (κ2) is 6.01. The van der Waals surface area contributed by atoms with Gasteiger partial charge in [-0.05, 0) is 36.8 Å². The molecular formula is C14H16N2O4S. The van der Waals surface area contributed by atoms with E-state index in [9.17, 15) is 8.42 Å². The largest absolute Gasteiger partial charge is 0.497 e. The number of anilines is 1. The topological polar surface area (TPSA) is 77.5 Å². The molecular weight excluding hydrogens is 292 g/mol. The molecule has 0 saturated carbocycles. The first-order valence-electron chi connectivity index (χ1n) is 6.14. The number of benzene rings is 1. The highest BCUT2D eigenvalue weighted by molar-refractivity contribution is 7.92. The number of ether oxygens (including phenoxy) is 2. The van der Waals surface area contributed by atoms with Crippen LogP contribution in [0.25, 0.3) is 0 Å². The van der Waals surface area contributed by atoms with Gasteiger partial charge in [-0.3, -0.25) is 4.72 Å². The minimum Gasteiger partial charge on any atom is -0.497 e. The number of sulfonamides is 1. The van der Waals surface area contributed by atoms with Crippen molar-refractivity contribution >= 4 is 15.8 Å². The smallest absolute Gasteiger partial charge is 0.266 e. The van der Waals surface area contributed by atoms with E-state index in [1.54, 1.807) is 18.2 Å². The third-order valence-corrected chi connectivity index (χ3v) is 4.19. The van der Waals surface area contributed by atoms with Crippen LogP contribution in [0, 0.1) is 6.92 Å². The van der Waals surface area contributed by atoms with Gasteiger partial charge in [0.25, 0.3) is 10.0 Å². The third kappa shape index (κ3) is 3.43.